The Morgan fingerprint density at radius 2 is 2.00 bits per heavy atom. The standard InChI is InChI=1S/C7H11NO2/c8-7(6(9)10)2-4-1-5(4)3-7/h4-5H,1-3,8H2,(H,9,10). The summed E-state index contributed by atoms with van der Waals surface area (Å²) < 4.78 is 0. The normalized spacial score (nSPS) is 50.5. The number of hydrogen-bond acceptors (Lipinski definition) is 2. The average molecular weight is 141 g/mol. The second-order valence-corrected chi connectivity index (χ2v) is 3.63. The number of carboxylic acid groups (broad SMARTS) is 1. The fourth-order valence-electron chi connectivity index (χ4n) is 2.00. The monoisotopic (exact) mass is 141 g/mol. The molecule has 2 rings (SSSR count). The number of carbonyl (C=O) groups is 1. The Labute approximate surface area is 59.2 Å². The molecule has 0 saturated heterocycles. The molecule has 2 aliphatic carbocycles. The molecule has 56 valence electrons. The Morgan fingerprint density at radius 1 is 1.50 bits per heavy atom. The van der Waals surface area contributed by atoms with Crippen molar-refractivity contribution in [2.75, 3.05) is 0 Å². The van der Waals surface area contributed by atoms with Crippen molar-refractivity contribution in [3.05, 3.63) is 0 Å². The van der Waals surface area contributed by atoms with Gasteiger partial charge in [0, 0.05) is 0 Å². The zero-order valence-electron chi connectivity index (χ0n) is 5.71. The van der Waals surface area contributed by atoms with Gasteiger partial charge < -0.3 is 10.8 Å². The van der Waals surface area contributed by atoms with Crippen molar-refractivity contribution in [1.29, 1.82) is 0 Å². The summed E-state index contributed by atoms with van der Waals surface area (Å²) in [7, 11) is 0. The third-order valence-corrected chi connectivity index (χ3v) is 2.75. The molecule has 0 radical (unpaired) electrons. The summed E-state index contributed by atoms with van der Waals surface area (Å²) in [5, 5.41) is 8.69. The van der Waals surface area contributed by atoms with Crippen LogP contribution in [-0.4, -0.2) is 16.6 Å². The summed E-state index contributed by atoms with van der Waals surface area (Å²) >= 11 is 0. The van der Waals surface area contributed by atoms with Gasteiger partial charge in [0.15, 0.2) is 0 Å². The lowest BCUT2D eigenvalue weighted by atomic mass is 9.95. The van der Waals surface area contributed by atoms with Gasteiger partial charge >= 0.3 is 5.97 Å². The van der Waals surface area contributed by atoms with Crippen molar-refractivity contribution in [1.82, 2.24) is 0 Å². The molecule has 2 atom stereocenters. The smallest absolute Gasteiger partial charge is 0.323 e. The van der Waals surface area contributed by atoms with E-state index in [1.807, 2.05) is 0 Å². The van der Waals surface area contributed by atoms with Crippen molar-refractivity contribution in [3.8, 4) is 0 Å². The SMILES string of the molecule is NC1(C(=O)O)CC2CC2C1. The topological polar surface area (TPSA) is 63.3 Å². The Balaban J connectivity index is 2.11. The molecule has 10 heavy (non-hydrogen) atoms. The third-order valence-electron chi connectivity index (χ3n) is 2.75. The van der Waals surface area contributed by atoms with Crippen molar-refractivity contribution in [2.24, 2.45) is 17.6 Å². The Morgan fingerprint density at radius 3 is 2.30 bits per heavy atom. The van der Waals surface area contributed by atoms with Crippen LogP contribution >= 0.6 is 0 Å². The number of nitrogens with two attached hydrogens (primary N) is 1. The molecule has 3 heteroatoms. The molecule has 0 bridgehead atoms. The molecule has 2 unspecified atom stereocenters. The maximum Gasteiger partial charge on any atom is 0.323 e. The average Bonchev–Trinajstić information content (AvgIpc) is 2.41. The second-order valence-electron chi connectivity index (χ2n) is 3.63. The van der Waals surface area contributed by atoms with Crippen LogP contribution in [0.25, 0.3) is 0 Å². The summed E-state index contributed by atoms with van der Waals surface area (Å²) in [5.41, 5.74) is 4.76. The molecule has 0 aromatic heterocycles. The highest BCUT2D eigenvalue weighted by atomic mass is 16.4. The van der Waals surface area contributed by atoms with Crippen LogP contribution in [0.15, 0.2) is 0 Å². The first-order valence-corrected chi connectivity index (χ1v) is 3.64. The predicted octanol–water partition coefficient (Wildman–Crippen LogP) is 0.198. The largest absolute Gasteiger partial charge is 0.480 e. The number of rotatable bonds is 1. The lowest BCUT2D eigenvalue weighted by molar-refractivity contribution is -0.143. The molecule has 0 aromatic carbocycles. The lowest BCUT2D eigenvalue weighted by Gasteiger charge is -2.19. The zero-order valence-corrected chi connectivity index (χ0v) is 5.71. The highest BCUT2D eigenvalue weighted by Gasteiger charge is 2.55. The van der Waals surface area contributed by atoms with E-state index in [1.54, 1.807) is 0 Å². The molecule has 3 nitrogen and oxygen atoms in total. The predicted molar refractivity (Wildman–Crippen MR) is 35.4 cm³/mol. The summed E-state index contributed by atoms with van der Waals surface area (Å²) in [6.07, 6.45) is 2.62. The van der Waals surface area contributed by atoms with Crippen molar-refractivity contribution in [2.45, 2.75) is 24.8 Å². The summed E-state index contributed by atoms with van der Waals surface area (Å²) in [5.74, 6) is 0.460. The number of aliphatic carboxylic acids is 1. The molecule has 0 spiro atoms. The van der Waals surface area contributed by atoms with E-state index in [9.17, 15) is 4.79 Å². The fourth-order valence-corrected chi connectivity index (χ4v) is 2.00. The first-order valence-electron chi connectivity index (χ1n) is 3.64. The van der Waals surface area contributed by atoms with Gasteiger partial charge in [-0.05, 0) is 31.1 Å². The van der Waals surface area contributed by atoms with E-state index in [-0.39, 0.29) is 0 Å². The van der Waals surface area contributed by atoms with Crippen LogP contribution in [0.3, 0.4) is 0 Å². The van der Waals surface area contributed by atoms with Crippen molar-refractivity contribution in [3.63, 3.8) is 0 Å². The molecule has 0 amide bonds. The summed E-state index contributed by atoms with van der Waals surface area (Å²) in [6.45, 7) is 0. The minimum atomic E-state index is -0.867. The number of fused-ring (bicyclic) bond motifs is 1. The van der Waals surface area contributed by atoms with Crippen molar-refractivity contribution >= 4 is 5.97 Å². The Hall–Kier alpha value is -0.570. The van der Waals surface area contributed by atoms with Gasteiger partial charge in [0.1, 0.15) is 5.54 Å². The van der Waals surface area contributed by atoms with Gasteiger partial charge in [-0.3, -0.25) is 4.79 Å². The molecular weight excluding hydrogens is 130 g/mol. The van der Waals surface area contributed by atoms with E-state index < -0.39 is 11.5 Å². The first-order chi connectivity index (χ1) is 4.62. The minimum absolute atomic E-state index is 0.640. The maximum atomic E-state index is 10.6. The Kier molecular flexibility index (Phi) is 0.944. The number of carboxylic acids is 1. The van der Waals surface area contributed by atoms with Crippen LogP contribution in [0.1, 0.15) is 19.3 Å². The van der Waals surface area contributed by atoms with E-state index in [1.165, 1.54) is 6.42 Å². The fraction of sp³-hybridized carbons (Fsp3) is 0.857. The van der Waals surface area contributed by atoms with Crippen molar-refractivity contribution < 1.29 is 9.90 Å². The minimum Gasteiger partial charge on any atom is -0.480 e. The maximum absolute atomic E-state index is 10.6. The van der Waals surface area contributed by atoms with Crippen LogP contribution < -0.4 is 5.73 Å². The van der Waals surface area contributed by atoms with E-state index in [2.05, 4.69) is 0 Å². The van der Waals surface area contributed by atoms with E-state index >= 15 is 0 Å². The van der Waals surface area contributed by atoms with Gasteiger partial charge in [0.25, 0.3) is 0 Å². The third kappa shape index (κ3) is 0.669. The van der Waals surface area contributed by atoms with Gasteiger partial charge in [-0.25, -0.2) is 0 Å². The lowest BCUT2D eigenvalue weighted by Crippen LogP contribution is -2.46. The molecule has 2 aliphatic rings. The summed E-state index contributed by atoms with van der Waals surface area (Å²) in [4.78, 5) is 10.6. The van der Waals surface area contributed by atoms with Crippen LogP contribution in [0.2, 0.25) is 0 Å². The van der Waals surface area contributed by atoms with E-state index in [4.69, 9.17) is 10.8 Å². The van der Waals surface area contributed by atoms with E-state index in [0.29, 0.717) is 24.7 Å². The van der Waals surface area contributed by atoms with Crippen LogP contribution in [0.4, 0.5) is 0 Å². The first kappa shape index (κ1) is 6.16. The van der Waals surface area contributed by atoms with Crippen LogP contribution in [-0.2, 0) is 4.79 Å². The molecule has 3 N–H and O–H groups in total. The Bertz CT molecular complexity index is 180. The summed E-state index contributed by atoms with van der Waals surface area (Å²) in [6, 6.07) is 0. The quantitative estimate of drug-likeness (QED) is 0.548. The molecule has 2 fully saturated rings. The van der Waals surface area contributed by atoms with Gasteiger partial charge in [-0.2, -0.15) is 0 Å². The zero-order chi connectivity index (χ0) is 7.35. The number of hydrogen-bond donors (Lipinski definition) is 2. The second kappa shape index (κ2) is 1.53. The highest BCUT2D eigenvalue weighted by molar-refractivity contribution is 5.79. The molecule has 0 aliphatic heterocycles. The molecule has 0 aromatic rings. The van der Waals surface area contributed by atoms with Gasteiger partial charge in [-0.1, -0.05) is 0 Å². The van der Waals surface area contributed by atoms with Gasteiger partial charge in [0.2, 0.25) is 0 Å². The molecule has 2 saturated carbocycles. The van der Waals surface area contributed by atoms with E-state index in [0.717, 1.165) is 0 Å². The van der Waals surface area contributed by atoms with Gasteiger partial charge in [0.05, 0.1) is 0 Å². The van der Waals surface area contributed by atoms with Crippen LogP contribution in [0.5, 0.6) is 0 Å². The highest BCUT2D eigenvalue weighted by Crippen LogP contribution is 2.55. The van der Waals surface area contributed by atoms with Gasteiger partial charge in [-0.15, -0.1) is 0 Å². The molecule has 0 heterocycles. The molecular formula is C7H11NO2. The van der Waals surface area contributed by atoms with Crippen LogP contribution in [0, 0.1) is 11.8 Å².